The summed E-state index contributed by atoms with van der Waals surface area (Å²) in [6.07, 6.45) is 0.695. The van der Waals surface area contributed by atoms with E-state index in [-0.39, 0.29) is 12.6 Å². The van der Waals surface area contributed by atoms with Crippen LogP contribution in [-0.2, 0) is 11.3 Å². The number of aliphatic hydroxyl groups is 1. The van der Waals surface area contributed by atoms with Crippen molar-refractivity contribution in [3.63, 3.8) is 0 Å². The van der Waals surface area contributed by atoms with Crippen LogP contribution in [-0.4, -0.2) is 40.9 Å². The number of ether oxygens (including phenoxy) is 1. The third kappa shape index (κ3) is 5.30. The van der Waals surface area contributed by atoms with Crippen molar-refractivity contribution >= 4 is 17.4 Å². The highest BCUT2D eigenvalue weighted by atomic mass is 35.5. The van der Waals surface area contributed by atoms with Crippen molar-refractivity contribution in [1.29, 1.82) is 0 Å². The van der Waals surface area contributed by atoms with Crippen molar-refractivity contribution in [3.05, 3.63) is 17.0 Å². The second-order valence-corrected chi connectivity index (χ2v) is 4.85. The van der Waals surface area contributed by atoms with E-state index in [9.17, 15) is 0 Å². The summed E-state index contributed by atoms with van der Waals surface area (Å²) in [5, 5.41) is 9.38. The molecule has 0 bridgehead atoms. The van der Waals surface area contributed by atoms with E-state index in [2.05, 4.69) is 28.7 Å². The van der Waals surface area contributed by atoms with Gasteiger partial charge in [0, 0.05) is 31.9 Å². The van der Waals surface area contributed by atoms with Gasteiger partial charge in [-0.15, -0.1) is 0 Å². The number of aliphatic hydroxyl groups excluding tert-OH is 1. The minimum atomic E-state index is 0.161. The summed E-state index contributed by atoms with van der Waals surface area (Å²) >= 11 is 6.03. The van der Waals surface area contributed by atoms with Gasteiger partial charge >= 0.3 is 0 Å². The number of halogens is 1. The summed E-state index contributed by atoms with van der Waals surface area (Å²) in [7, 11) is 0. The average Bonchev–Trinajstić information content (AvgIpc) is 2.36. The van der Waals surface area contributed by atoms with Crippen LogP contribution < -0.4 is 4.90 Å². The molecule has 0 fully saturated rings. The molecule has 19 heavy (non-hydrogen) atoms. The molecule has 0 saturated heterocycles. The third-order valence-corrected chi connectivity index (χ3v) is 2.83. The molecule has 0 aliphatic carbocycles. The van der Waals surface area contributed by atoms with E-state index in [1.54, 1.807) is 6.07 Å². The first-order valence-corrected chi connectivity index (χ1v) is 6.95. The highest BCUT2D eigenvalue weighted by Crippen LogP contribution is 2.19. The van der Waals surface area contributed by atoms with E-state index < -0.39 is 0 Å². The van der Waals surface area contributed by atoms with E-state index in [1.807, 2.05) is 6.92 Å². The minimum Gasteiger partial charge on any atom is -0.396 e. The van der Waals surface area contributed by atoms with Gasteiger partial charge in [0.2, 0.25) is 0 Å². The van der Waals surface area contributed by atoms with E-state index in [4.69, 9.17) is 21.4 Å². The smallest absolute Gasteiger partial charge is 0.158 e. The second-order valence-electron chi connectivity index (χ2n) is 4.47. The van der Waals surface area contributed by atoms with Crippen molar-refractivity contribution in [2.45, 2.75) is 39.8 Å². The molecule has 0 amide bonds. The van der Waals surface area contributed by atoms with Gasteiger partial charge in [-0.3, -0.25) is 0 Å². The van der Waals surface area contributed by atoms with Gasteiger partial charge in [-0.2, -0.15) is 0 Å². The van der Waals surface area contributed by atoms with Crippen LogP contribution in [0.3, 0.4) is 0 Å². The second kappa shape index (κ2) is 8.30. The lowest BCUT2D eigenvalue weighted by Crippen LogP contribution is -2.33. The third-order valence-electron chi connectivity index (χ3n) is 2.64. The maximum absolute atomic E-state index is 8.96. The number of rotatable bonds is 8. The molecule has 0 aromatic carbocycles. The Balaban J connectivity index is 2.91. The van der Waals surface area contributed by atoms with Crippen LogP contribution in [0.4, 0.5) is 5.82 Å². The van der Waals surface area contributed by atoms with Gasteiger partial charge < -0.3 is 14.7 Å². The van der Waals surface area contributed by atoms with Crippen LogP contribution in [0, 0.1) is 0 Å². The van der Waals surface area contributed by atoms with Crippen molar-refractivity contribution < 1.29 is 9.84 Å². The van der Waals surface area contributed by atoms with E-state index in [0.29, 0.717) is 30.6 Å². The number of hydrogen-bond donors (Lipinski definition) is 1. The van der Waals surface area contributed by atoms with Crippen molar-refractivity contribution in [3.8, 4) is 0 Å². The van der Waals surface area contributed by atoms with Crippen LogP contribution in [0.25, 0.3) is 0 Å². The van der Waals surface area contributed by atoms with E-state index in [1.165, 1.54) is 0 Å². The van der Waals surface area contributed by atoms with Gasteiger partial charge in [0.1, 0.15) is 17.6 Å². The highest BCUT2D eigenvalue weighted by Gasteiger charge is 2.14. The van der Waals surface area contributed by atoms with Gasteiger partial charge in [-0.25, -0.2) is 9.97 Å². The number of aromatic nitrogens is 2. The van der Waals surface area contributed by atoms with E-state index >= 15 is 0 Å². The number of anilines is 1. The summed E-state index contributed by atoms with van der Waals surface area (Å²) in [5.41, 5.74) is 0. The largest absolute Gasteiger partial charge is 0.396 e. The number of nitrogens with zero attached hydrogens (tertiary/aromatic N) is 3. The molecule has 0 aliphatic heterocycles. The van der Waals surface area contributed by atoms with Crippen LogP contribution in [0.2, 0.25) is 5.15 Å². The summed E-state index contributed by atoms with van der Waals surface area (Å²) < 4.78 is 5.31. The Hall–Kier alpha value is -0.910. The molecule has 0 unspecified atom stereocenters. The van der Waals surface area contributed by atoms with Crippen LogP contribution in [0.5, 0.6) is 0 Å². The van der Waals surface area contributed by atoms with Gasteiger partial charge in [0.05, 0.1) is 0 Å². The predicted molar refractivity (Wildman–Crippen MR) is 76.6 cm³/mol. The molecule has 1 rings (SSSR count). The van der Waals surface area contributed by atoms with Gasteiger partial charge in [-0.05, 0) is 27.2 Å². The fourth-order valence-corrected chi connectivity index (χ4v) is 1.93. The first-order valence-electron chi connectivity index (χ1n) is 6.57. The standard InChI is InChI=1S/C13H22ClN3O2/c1-4-19-9-12-15-11(14)8-13(16-12)17(10(2)3)6-5-7-18/h8,10,18H,4-7,9H2,1-3H3. The van der Waals surface area contributed by atoms with Crippen molar-refractivity contribution in [1.82, 2.24) is 9.97 Å². The molecule has 0 spiro atoms. The Kier molecular flexibility index (Phi) is 7.05. The SMILES string of the molecule is CCOCc1nc(Cl)cc(N(CCCO)C(C)C)n1. The molecule has 1 N–H and O–H groups in total. The molecule has 1 heterocycles. The number of hydrogen-bond acceptors (Lipinski definition) is 5. The molecule has 6 heteroatoms. The maximum Gasteiger partial charge on any atom is 0.158 e. The molecule has 1 aromatic rings. The van der Waals surface area contributed by atoms with Gasteiger partial charge in [0.15, 0.2) is 5.82 Å². The highest BCUT2D eigenvalue weighted by molar-refractivity contribution is 6.29. The minimum absolute atomic E-state index is 0.161. The van der Waals surface area contributed by atoms with E-state index in [0.717, 1.165) is 12.4 Å². The lowest BCUT2D eigenvalue weighted by molar-refractivity contribution is 0.128. The zero-order chi connectivity index (χ0) is 14.3. The molecular formula is C13H22ClN3O2. The molecular weight excluding hydrogens is 266 g/mol. The fraction of sp³-hybridized carbons (Fsp3) is 0.692. The molecule has 0 radical (unpaired) electrons. The molecule has 1 aromatic heterocycles. The molecule has 0 atom stereocenters. The Bertz CT molecular complexity index is 388. The molecule has 108 valence electrons. The zero-order valence-electron chi connectivity index (χ0n) is 11.8. The topological polar surface area (TPSA) is 58.5 Å². The lowest BCUT2D eigenvalue weighted by Gasteiger charge is -2.28. The Morgan fingerprint density at radius 3 is 2.74 bits per heavy atom. The summed E-state index contributed by atoms with van der Waals surface area (Å²) in [6.45, 7) is 7.95. The van der Waals surface area contributed by atoms with Crippen LogP contribution in [0.15, 0.2) is 6.07 Å². The Morgan fingerprint density at radius 2 is 2.16 bits per heavy atom. The van der Waals surface area contributed by atoms with Crippen molar-refractivity contribution in [2.24, 2.45) is 0 Å². The summed E-state index contributed by atoms with van der Waals surface area (Å²) in [4.78, 5) is 10.7. The molecule has 0 saturated carbocycles. The maximum atomic E-state index is 8.96. The normalized spacial score (nSPS) is 11.1. The molecule has 0 aliphatic rings. The first-order chi connectivity index (χ1) is 9.08. The zero-order valence-corrected chi connectivity index (χ0v) is 12.5. The van der Waals surface area contributed by atoms with Crippen molar-refractivity contribution in [2.75, 3.05) is 24.7 Å². The monoisotopic (exact) mass is 287 g/mol. The quantitative estimate of drug-likeness (QED) is 0.743. The van der Waals surface area contributed by atoms with Crippen LogP contribution >= 0.6 is 11.6 Å². The summed E-state index contributed by atoms with van der Waals surface area (Å²) in [5.74, 6) is 1.36. The average molecular weight is 288 g/mol. The molecule has 5 nitrogen and oxygen atoms in total. The Morgan fingerprint density at radius 1 is 1.42 bits per heavy atom. The summed E-state index contributed by atoms with van der Waals surface area (Å²) in [6, 6.07) is 2.02. The Labute approximate surface area is 119 Å². The fourth-order valence-electron chi connectivity index (χ4n) is 1.73. The van der Waals surface area contributed by atoms with Gasteiger partial charge in [0.25, 0.3) is 0 Å². The first kappa shape index (κ1) is 16.1. The van der Waals surface area contributed by atoms with Crippen LogP contribution in [0.1, 0.15) is 33.0 Å². The lowest BCUT2D eigenvalue weighted by atomic mass is 10.3. The predicted octanol–water partition coefficient (Wildman–Crippen LogP) is 2.26. The van der Waals surface area contributed by atoms with Gasteiger partial charge in [-0.1, -0.05) is 11.6 Å².